The maximum absolute atomic E-state index is 12.3. The van der Waals surface area contributed by atoms with Crippen LogP contribution < -0.4 is 5.32 Å². The molecule has 1 heterocycles. The van der Waals surface area contributed by atoms with Crippen LogP contribution in [0.1, 0.15) is 44.2 Å². The number of hydrogen-bond acceptors (Lipinski definition) is 2. The molecule has 1 aliphatic rings. The molecule has 0 aromatic heterocycles. The van der Waals surface area contributed by atoms with E-state index in [1.807, 2.05) is 31.2 Å². The van der Waals surface area contributed by atoms with Crippen LogP contribution in [0.25, 0.3) is 0 Å². The molecule has 1 aromatic carbocycles. The number of rotatable bonds is 1. The standard InChI is InChI=1S/C16H21NO2/c1-10-7-5-6-8-11(10)14-12(16(2,3)4)9-13(18)17-15(14)19/h5-8,12,14H,9H2,1-4H3,(H,17,18,19). The monoisotopic (exact) mass is 259 g/mol. The minimum absolute atomic E-state index is 0.0369. The van der Waals surface area contributed by atoms with Gasteiger partial charge in [-0.1, -0.05) is 45.0 Å². The molecule has 0 bridgehead atoms. The minimum atomic E-state index is -0.237. The van der Waals surface area contributed by atoms with Gasteiger partial charge in [0.1, 0.15) is 0 Å². The van der Waals surface area contributed by atoms with Crippen LogP contribution >= 0.6 is 0 Å². The van der Waals surface area contributed by atoms with E-state index < -0.39 is 0 Å². The van der Waals surface area contributed by atoms with Gasteiger partial charge in [0.05, 0.1) is 5.92 Å². The molecule has 102 valence electrons. The highest BCUT2D eigenvalue weighted by atomic mass is 16.2. The summed E-state index contributed by atoms with van der Waals surface area (Å²) >= 11 is 0. The Kier molecular flexibility index (Phi) is 3.48. The second-order valence-electron chi connectivity index (χ2n) is 6.42. The topological polar surface area (TPSA) is 46.2 Å². The van der Waals surface area contributed by atoms with Crippen molar-refractivity contribution in [1.82, 2.24) is 5.32 Å². The molecule has 1 aromatic rings. The van der Waals surface area contributed by atoms with E-state index in [1.54, 1.807) is 0 Å². The summed E-state index contributed by atoms with van der Waals surface area (Å²) in [6.07, 6.45) is 0.411. The van der Waals surface area contributed by atoms with Crippen molar-refractivity contribution in [3.8, 4) is 0 Å². The minimum Gasteiger partial charge on any atom is -0.296 e. The Morgan fingerprint density at radius 1 is 1.16 bits per heavy atom. The Morgan fingerprint density at radius 3 is 2.37 bits per heavy atom. The van der Waals surface area contributed by atoms with E-state index in [4.69, 9.17) is 0 Å². The van der Waals surface area contributed by atoms with Crippen LogP contribution in [-0.4, -0.2) is 11.8 Å². The lowest BCUT2D eigenvalue weighted by atomic mass is 9.66. The van der Waals surface area contributed by atoms with Gasteiger partial charge in [0.25, 0.3) is 0 Å². The molecule has 0 spiro atoms. The van der Waals surface area contributed by atoms with Gasteiger partial charge in [-0.3, -0.25) is 14.9 Å². The largest absolute Gasteiger partial charge is 0.296 e. The predicted molar refractivity (Wildman–Crippen MR) is 74.6 cm³/mol. The van der Waals surface area contributed by atoms with E-state index in [0.717, 1.165) is 11.1 Å². The fourth-order valence-electron chi connectivity index (χ4n) is 2.87. The molecular weight excluding hydrogens is 238 g/mol. The van der Waals surface area contributed by atoms with Gasteiger partial charge >= 0.3 is 0 Å². The van der Waals surface area contributed by atoms with Crippen molar-refractivity contribution < 1.29 is 9.59 Å². The number of carbonyl (C=O) groups excluding carboxylic acids is 2. The Hall–Kier alpha value is -1.64. The van der Waals surface area contributed by atoms with Crippen LogP contribution in [0.5, 0.6) is 0 Å². The number of piperidine rings is 1. The van der Waals surface area contributed by atoms with E-state index in [1.165, 1.54) is 0 Å². The maximum Gasteiger partial charge on any atom is 0.234 e. The van der Waals surface area contributed by atoms with Gasteiger partial charge in [0.2, 0.25) is 11.8 Å². The number of benzene rings is 1. The molecule has 0 aliphatic carbocycles. The lowest BCUT2D eigenvalue weighted by Crippen LogP contribution is -2.48. The van der Waals surface area contributed by atoms with Gasteiger partial charge in [-0.2, -0.15) is 0 Å². The lowest BCUT2D eigenvalue weighted by molar-refractivity contribution is -0.138. The van der Waals surface area contributed by atoms with Crippen LogP contribution in [0, 0.1) is 18.3 Å². The van der Waals surface area contributed by atoms with Crippen LogP contribution in [0.15, 0.2) is 24.3 Å². The van der Waals surface area contributed by atoms with Gasteiger partial charge in [0.15, 0.2) is 0 Å². The molecule has 2 rings (SSSR count). The third kappa shape index (κ3) is 2.70. The predicted octanol–water partition coefficient (Wildman–Crippen LogP) is 2.79. The highest BCUT2D eigenvalue weighted by molar-refractivity contribution is 6.01. The van der Waals surface area contributed by atoms with E-state index >= 15 is 0 Å². The van der Waals surface area contributed by atoms with Gasteiger partial charge in [-0.25, -0.2) is 0 Å². The number of carbonyl (C=O) groups is 2. The number of amides is 2. The average molecular weight is 259 g/mol. The maximum atomic E-state index is 12.3. The van der Waals surface area contributed by atoms with E-state index in [0.29, 0.717) is 6.42 Å². The summed E-state index contributed by atoms with van der Waals surface area (Å²) in [6.45, 7) is 8.29. The third-order valence-electron chi connectivity index (χ3n) is 3.99. The number of imide groups is 1. The normalized spacial score (nSPS) is 24.2. The molecule has 2 amide bonds. The fourth-order valence-corrected chi connectivity index (χ4v) is 2.87. The van der Waals surface area contributed by atoms with Crippen molar-refractivity contribution in [1.29, 1.82) is 0 Å². The first-order valence-electron chi connectivity index (χ1n) is 6.70. The van der Waals surface area contributed by atoms with Gasteiger partial charge < -0.3 is 0 Å². The summed E-state index contributed by atoms with van der Waals surface area (Å²) in [5.41, 5.74) is 2.05. The zero-order valence-electron chi connectivity index (χ0n) is 12.0. The van der Waals surface area contributed by atoms with Crippen molar-refractivity contribution >= 4 is 11.8 Å². The molecular formula is C16H21NO2. The molecule has 1 N–H and O–H groups in total. The molecule has 1 fully saturated rings. The van der Waals surface area contributed by atoms with Crippen molar-refractivity contribution in [3.05, 3.63) is 35.4 Å². The summed E-state index contributed by atoms with van der Waals surface area (Å²) < 4.78 is 0. The van der Waals surface area contributed by atoms with E-state index in [-0.39, 0.29) is 29.1 Å². The molecule has 2 unspecified atom stereocenters. The summed E-state index contributed by atoms with van der Waals surface area (Å²) in [6, 6.07) is 7.93. The first-order chi connectivity index (χ1) is 8.80. The Bertz CT molecular complexity index is 514. The zero-order valence-corrected chi connectivity index (χ0v) is 12.0. The molecule has 1 saturated heterocycles. The van der Waals surface area contributed by atoms with Gasteiger partial charge in [-0.05, 0) is 29.4 Å². The Balaban J connectivity index is 2.47. The average Bonchev–Trinajstić information content (AvgIpc) is 2.28. The Morgan fingerprint density at radius 2 is 1.79 bits per heavy atom. The van der Waals surface area contributed by atoms with Crippen LogP contribution in [0.4, 0.5) is 0 Å². The first-order valence-corrected chi connectivity index (χ1v) is 6.70. The number of aryl methyl sites for hydroxylation is 1. The zero-order chi connectivity index (χ0) is 14.2. The summed E-state index contributed by atoms with van der Waals surface area (Å²) in [7, 11) is 0. The van der Waals surface area contributed by atoms with Crippen molar-refractivity contribution in [3.63, 3.8) is 0 Å². The van der Waals surface area contributed by atoms with E-state index in [9.17, 15) is 9.59 Å². The highest BCUT2D eigenvalue weighted by Gasteiger charge is 2.43. The second kappa shape index (κ2) is 4.80. The van der Waals surface area contributed by atoms with Crippen LogP contribution in [0.2, 0.25) is 0 Å². The van der Waals surface area contributed by atoms with Crippen molar-refractivity contribution in [2.24, 2.45) is 11.3 Å². The highest BCUT2D eigenvalue weighted by Crippen LogP contribution is 2.42. The SMILES string of the molecule is Cc1ccccc1C1C(=O)NC(=O)CC1C(C)(C)C. The van der Waals surface area contributed by atoms with Crippen LogP contribution in [-0.2, 0) is 9.59 Å². The molecule has 3 nitrogen and oxygen atoms in total. The third-order valence-corrected chi connectivity index (χ3v) is 3.99. The van der Waals surface area contributed by atoms with Gasteiger partial charge in [0, 0.05) is 6.42 Å². The second-order valence-corrected chi connectivity index (χ2v) is 6.42. The molecule has 3 heteroatoms. The lowest BCUT2D eigenvalue weighted by Gasteiger charge is -2.39. The van der Waals surface area contributed by atoms with Crippen molar-refractivity contribution in [2.75, 3.05) is 0 Å². The quantitative estimate of drug-likeness (QED) is 0.788. The van der Waals surface area contributed by atoms with Crippen LogP contribution in [0.3, 0.4) is 0 Å². The summed E-state index contributed by atoms with van der Waals surface area (Å²) in [5.74, 6) is -0.519. The first kappa shape index (κ1) is 13.8. The molecule has 19 heavy (non-hydrogen) atoms. The van der Waals surface area contributed by atoms with Crippen molar-refractivity contribution in [2.45, 2.75) is 40.0 Å². The smallest absolute Gasteiger partial charge is 0.234 e. The summed E-state index contributed by atoms with van der Waals surface area (Å²) in [5, 5.41) is 2.48. The number of nitrogens with one attached hydrogen (secondary N) is 1. The molecule has 0 saturated carbocycles. The van der Waals surface area contributed by atoms with Gasteiger partial charge in [-0.15, -0.1) is 0 Å². The molecule has 1 aliphatic heterocycles. The fraction of sp³-hybridized carbons (Fsp3) is 0.500. The molecule has 0 radical (unpaired) electrons. The summed E-state index contributed by atoms with van der Waals surface area (Å²) in [4.78, 5) is 23.9. The Labute approximate surface area is 114 Å². The molecule has 2 atom stereocenters. The number of hydrogen-bond donors (Lipinski definition) is 1. The van der Waals surface area contributed by atoms with E-state index in [2.05, 4.69) is 26.1 Å².